The molecule has 1 saturated heterocycles. The molecule has 5 fully saturated rings. The number of para-hydroxylation sites is 1. The highest BCUT2D eigenvalue weighted by atomic mass is 32.2. The van der Waals surface area contributed by atoms with Crippen LogP contribution in [0.5, 0.6) is 11.6 Å². The first-order valence-corrected chi connectivity index (χ1v) is 24.1. The van der Waals surface area contributed by atoms with E-state index in [0.717, 1.165) is 75.2 Å². The number of ether oxygens (including phenoxy) is 3. The van der Waals surface area contributed by atoms with Gasteiger partial charge in [0, 0.05) is 37.2 Å². The summed E-state index contributed by atoms with van der Waals surface area (Å²) >= 11 is 0. The molecular weight excluding hydrogens is 817 g/mol. The van der Waals surface area contributed by atoms with Crippen LogP contribution in [0.3, 0.4) is 0 Å². The number of rotatable bonds is 23. The van der Waals surface area contributed by atoms with Crippen molar-refractivity contribution >= 4 is 44.7 Å². The molecule has 17 heteroatoms. The molecule has 0 spiro atoms. The van der Waals surface area contributed by atoms with Crippen molar-refractivity contribution in [3.8, 4) is 11.6 Å². The number of hydrogen-bond acceptors (Lipinski definition) is 12. The zero-order chi connectivity index (χ0) is 44.1. The average molecular weight is 881 g/mol. The summed E-state index contributed by atoms with van der Waals surface area (Å²) in [5, 5.41) is 16.2. The Hall–Kier alpha value is -4.48. The number of aromatic nitrogens is 1. The number of nitrogens with two attached hydrogens (primary N) is 1. The van der Waals surface area contributed by atoms with E-state index in [9.17, 15) is 32.7 Å². The fourth-order valence-corrected chi connectivity index (χ4v) is 10.6. The standard InChI is InChI=1S/C45H64N6O10S/c1-3-31-27-45(31,42(55)50-62(57,58)44(2)18-19-44)49-40(54)36-26-32(28-51(36)38(53)24-29-12-6-4-7-13-29)60-41-34(16-9-5-8-14-30-25-37(30)61-43(46)56)39(59-23-21-47-20-22-52)33-15-10-11-17-35(33)48-41/h3,10-11,15,17,29-32,36-37,47,52H,1,4-9,12-14,16,18-28H2,2H3,(H2,46,56)(H,49,54)(H,50,55)/t30-,31-,32-,36+,37-,45?/m1/s1. The van der Waals surface area contributed by atoms with Crippen molar-refractivity contribution in [2.45, 2.75) is 138 Å². The van der Waals surface area contributed by atoms with Crippen molar-refractivity contribution in [2.75, 3.05) is 32.8 Å². The van der Waals surface area contributed by atoms with Gasteiger partial charge in [0.1, 0.15) is 36.1 Å². The molecule has 4 aliphatic carbocycles. The molecular formula is C45H64N6O10S. The summed E-state index contributed by atoms with van der Waals surface area (Å²) in [5.74, 6) is -0.469. The first-order valence-electron chi connectivity index (χ1n) is 22.6. The summed E-state index contributed by atoms with van der Waals surface area (Å²) in [4.78, 5) is 60.1. The summed E-state index contributed by atoms with van der Waals surface area (Å²) < 4.78 is 45.9. The van der Waals surface area contributed by atoms with Crippen LogP contribution in [0.25, 0.3) is 10.9 Å². The smallest absolute Gasteiger partial charge is 0.404 e. The minimum atomic E-state index is -3.97. The van der Waals surface area contributed by atoms with E-state index in [0.29, 0.717) is 68.4 Å². The van der Waals surface area contributed by atoms with E-state index in [1.165, 1.54) is 0 Å². The lowest BCUT2D eigenvalue weighted by molar-refractivity contribution is -0.140. The van der Waals surface area contributed by atoms with E-state index >= 15 is 0 Å². The zero-order valence-electron chi connectivity index (χ0n) is 35.9. The van der Waals surface area contributed by atoms with Crippen LogP contribution in [0.15, 0.2) is 36.9 Å². The Morgan fingerprint density at radius 2 is 1.84 bits per heavy atom. The van der Waals surface area contributed by atoms with Crippen molar-refractivity contribution < 1.29 is 46.9 Å². The fourth-order valence-electron chi connectivity index (χ4n) is 9.25. The second-order valence-corrected chi connectivity index (χ2v) is 20.5. The van der Waals surface area contributed by atoms with Gasteiger partial charge in [0.15, 0.2) is 0 Å². The number of carbonyl (C=O) groups is 4. The number of aliphatic hydroxyl groups excluding tert-OH is 1. The first kappa shape index (κ1) is 45.5. The maximum atomic E-state index is 14.5. The number of amides is 4. The predicted octanol–water partition coefficient (Wildman–Crippen LogP) is 4.16. The number of primary amides is 1. The number of nitrogens with zero attached hydrogens (tertiary/aromatic N) is 2. The Bertz CT molecular complexity index is 2090. The molecule has 7 rings (SSSR count). The number of nitrogens with one attached hydrogen (secondary N) is 3. The lowest BCUT2D eigenvalue weighted by Gasteiger charge is -2.29. The number of sulfonamides is 1. The number of pyridine rings is 1. The van der Waals surface area contributed by atoms with Crippen LogP contribution in [0.4, 0.5) is 4.79 Å². The lowest BCUT2D eigenvalue weighted by atomic mass is 9.86. The Morgan fingerprint density at radius 3 is 2.55 bits per heavy atom. The molecule has 1 aromatic heterocycles. The minimum absolute atomic E-state index is 0.00266. The molecule has 0 bridgehead atoms. The van der Waals surface area contributed by atoms with Gasteiger partial charge in [-0.25, -0.2) is 18.2 Å². The number of fused-ring (bicyclic) bond motifs is 1. The van der Waals surface area contributed by atoms with Gasteiger partial charge in [-0.3, -0.25) is 19.1 Å². The van der Waals surface area contributed by atoms with Gasteiger partial charge in [-0.15, -0.1) is 6.58 Å². The monoisotopic (exact) mass is 880 g/mol. The van der Waals surface area contributed by atoms with Crippen LogP contribution >= 0.6 is 0 Å². The summed E-state index contributed by atoms with van der Waals surface area (Å²) in [5.41, 5.74) is 5.12. The third kappa shape index (κ3) is 10.6. The average Bonchev–Trinajstić information content (AvgIpc) is 4.21. The van der Waals surface area contributed by atoms with Crippen LogP contribution in [-0.4, -0.2) is 109 Å². The number of aliphatic hydroxyl groups is 1. The van der Waals surface area contributed by atoms with E-state index < -0.39 is 56.3 Å². The van der Waals surface area contributed by atoms with Gasteiger partial charge in [-0.1, -0.05) is 50.3 Å². The Balaban J connectivity index is 1.12. The van der Waals surface area contributed by atoms with E-state index in [4.69, 9.17) is 24.9 Å². The number of unbranched alkanes of at least 4 members (excludes halogenated alkanes) is 2. The fraction of sp³-hybridized carbons (Fsp3) is 0.667. The molecule has 340 valence electrons. The number of carbonyl (C=O) groups excluding carboxylic acids is 4. The van der Waals surface area contributed by atoms with Crippen molar-refractivity contribution in [3.05, 3.63) is 42.5 Å². The zero-order valence-corrected chi connectivity index (χ0v) is 36.7. The molecule has 5 aliphatic rings. The molecule has 16 nitrogen and oxygen atoms in total. The van der Waals surface area contributed by atoms with Crippen LogP contribution in [-0.2, 0) is 35.6 Å². The van der Waals surface area contributed by atoms with Gasteiger partial charge in [0.2, 0.25) is 27.7 Å². The van der Waals surface area contributed by atoms with E-state index in [1.54, 1.807) is 17.9 Å². The van der Waals surface area contributed by atoms with E-state index in [-0.39, 0.29) is 43.9 Å². The van der Waals surface area contributed by atoms with E-state index in [2.05, 4.69) is 21.9 Å². The highest BCUT2D eigenvalue weighted by Crippen LogP contribution is 2.47. The van der Waals surface area contributed by atoms with Crippen molar-refractivity contribution in [3.63, 3.8) is 0 Å². The maximum Gasteiger partial charge on any atom is 0.404 e. The lowest BCUT2D eigenvalue weighted by Crippen LogP contribution is -2.57. The summed E-state index contributed by atoms with van der Waals surface area (Å²) in [6.07, 6.45) is 11.6. The molecule has 1 aliphatic heterocycles. The predicted molar refractivity (Wildman–Crippen MR) is 232 cm³/mol. The van der Waals surface area contributed by atoms with Gasteiger partial charge in [-0.05, 0) is 88.7 Å². The number of hydrogen-bond donors (Lipinski definition) is 5. The highest BCUT2D eigenvalue weighted by molar-refractivity contribution is 7.91. The number of benzene rings is 1. The van der Waals surface area contributed by atoms with Crippen molar-refractivity contribution in [1.82, 2.24) is 25.2 Å². The van der Waals surface area contributed by atoms with Gasteiger partial charge in [0.05, 0.1) is 29.0 Å². The number of likely N-dealkylation sites (tertiary alicyclic amines) is 1. The summed E-state index contributed by atoms with van der Waals surface area (Å²) in [7, 11) is -3.97. The van der Waals surface area contributed by atoms with Gasteiger partial charge in [-0.2, -0.15) is 0 Å². The quantitative estimate of drug-likeness (QED) is 0.0784. The summed E-state index contributed by atoms with van der Waals surface area (Å²) in [6.45, 7) is 6.80. The molecule has 2 aromatic rings. The molecule has 6 atom stereocenters. The normalized spacial score (nSPS) is 26.4. The van der Waals surface area contributed by atoms with E-state index in [1.807, 2.05) is 24.3 Å². The third-order valence-electron chi connectivity index (χ3n) is 13.6. The summed E-state index contributed by atoms with van der Waals surface area (Å²) in [6, 6.07) is 6.67. The van der Waals surface area contributed by atoms with Crippen LogP contribution in [0, 0.1) is 17.8 Å². The second-order valence-electron chi connectivity index (χ2n) is 18.3. The maximum absolute atomic E-state index is 14.5. The van der Waals surface area contributed by atoms with Crippen molar-refractivity contribution in [2.24, 2.45) is 23.5 Å². The Kier molecular flexibility index (Phi) is 14.3. The topological polar surface area (TPSA) is 229 Å². The highest BCUT2D eigenvalue weighted by Gasteiger charge is 2.63. The van der Waals surface area contributed by atoms with Gasteiger partial charge in [0.25, 0.3) is 5.91 Å². The molecule has 0 radical (unpaired) electrons. The molecule has 6 N–H and O–H groups in total. The second kappa shape index (κ2) is 19.5. The third-order valence-corrected chi connectivity index (χ3v) is 15.7. The molecule has 4 amide bonds. The van der Waals surface area contributed by atoms with Crippen LogP contribution in [0.1, 0.15) is 109 Å². The molecule has 1 unspecified atom stereocenters. The largest absolute Gasteiger partial charge is 0.491 e. The van der Waals surface area contributed by atoms with Crippen LogP contribution < -0.4 is 30.6 Å². The Morgan fingerprint density at radius 1 is 1.06 bits per heavy atom. The first-order chi connectivity index (χ1) is 29.8. The molecule has 62 heavy (non-hydrogen) atoms. The SMILES string of the molecule is C=C[C@@H]1CC1(NC(=O)[C@@H]1C[C@@H](Oc2nc3ccccc3c(OCCNCCO)c2CCCCC[C@@H]2C[C@H]2OC(N)=O)CN1C(=O)CC1CCCCC1)C(=O)NS(=O)(=O)C1(C)CC1. The Labute approximate surface area is 364 Å². The van der Waals surface area contributed by atoms with Crippen molar-refractivity contribution in [1.29, 1.82) is 0 Å². The molecule has 1 aromatic carbocycles. The van der Waals surface area contributed by atoms with Crippen LogP contribution in [0.2, 0.25) is 0 Å². The molecule has 2 heterocycles. The minimum Gasteiger partial charge on any atom is -0.491 e. The van der Waals surface area contributed by atoms with Gasteiger partial charge >= 0.3 is 6.09 Å². The van der Waals surface area contributed by atoms with Gasteiger partial charge < -0.3 is 40.6 Å². The molecule has 4 saturated carbocycles.